The number of ether oxygens (including phenoxy) is 2. The number of benzene rings is 1. The predicted octanol–water partition coefficient (Wildman–Crippen LogP) is 1.68. The lowest BCUT2D eigenvalue weighted by molar-refractivity contribution is -0.0390. The summed E-state index contributed by atoms with van der Waals surface area (Å²) in [6.45, 7) is 7.20. The quantitative estimate of drug-likeness (QED) is 0.919. The van der Waals surface area contributed by atoms with Gasteiger partial charge in [0.15, 0.2) is 0 Å². The second-order valence-electron chi connectivity index (χ2n) is 6.09. The number of carbonyl (C=O) groups excluding carboxylic acids is 1. The number of fused-ring (bicyclic) bond motifs is 1. The van der Waals surface area contributed by atoms with Crippen molar-refractivity contribution in [3.8, 4) is 5.75 Å². The SMILES string of the molecule is CCOc1ccccc1C(=O)N[C@@H]1C[C@H]2CO[C@@H](C)CN2C1. The normalized spacial score (nSPS) is 28.2. The van der Waals surface area contributed by atoms with Gasteiger partial charge >= 0.3 is 0 Å². The summed E-state index contributed by atoms with van der Waals surface area (Å²) in [7, 11) is 0. The maximum Gasteiger partial charge on any atom is 0.255 e. The van der Waals surface area contributed by atoms with Crippen LogP contribution in [0.25, 0.3) is 0 Å². The van der Waals surface area contributed by atoms with Crippen LogP contribution in [0.5, 0.6) is 5.75 Å². The average Bonchev–Trinajstić information content (AvgIpc) is 2.89. The van der Waals surface area contributed by atoms with Gasteiger partial charge in [0.2, 0.25) is 0 Å². The highest BCUT2D eigenvalue weighted by Crippen LogP contribution is 2.24. The van der Waals surface area contributed by atoms with Gasteiger partial charge < -0.3 is 14.8 Å². The number of morpholine rings is 1. The molecule has 1 aromatic rings. The van der Waals surface area contributed by atoms with Crippen molar-refractivity contribution < 1.29 is 14.3 Å². The monoisotopic (exact) mass is 304 g/mol. The lowest BCUT2D eigenvalue weighted by atomic mass is 10.1. The van der Waals surface area contributed by atoms with Crippen LogP contribution in [0.3, 0.4) is 0 Å². The van der Waals surface area contributed by atoms with E-state index in [1.54, 1.807) is 0 Å². The van der Waals surface area contributed by atoms with Crippen molar-refractivity contribution in [2.24, 2.45) is 0 Å². The van der Waals surface area contributed by atoms with Gasteiger partial charge in [0.25, 0.3) is 5.91 Å². The lowest BCUT2D eigenvalue weighted by Gasteiger charge is -2.33. The summed E-state index contributed by atoms with van der Waals surface area (Å²) in [5, 5.41) is 3.15. The van der Waals surface area contributed by atoms with Gasteiger partial charge in [0, 0.05) is 25.2 Å². The number of amides is 1. The van der Waals surface area contributed by atoms with Crippen molar-refractivity contribution in [1.29, 1.82) is 0 Å². The summed E-state index contributed by atoms with van der Waals surface area (Å²) in [5.74, 6) is 0.595. The van der Waals surface area contributed by atoms with Crippen molar-refractivity contribution in [3.63, 3.8) is 0 Å². The minimum atomic E-state index is -0.0529. The van der Waals surface area contributed by atoms with E-state index in [0.29, 0.717) is 24.0 Å². The van der Waals surface area contributed by atoms with Gasteiger partial charge in [-0.2, -0.15) is 0 Å². The Bertz CT molecular complexity index is 534. The van der Waals surface area contributed by atoms with Crippen molar-refractivity contribution in [2.45, 2.75) is 38.5 Å². The average molecular weight is 304 g/mol. The molecule has 1 N–H and O–H groups in total. The third kappa shape index (κ3) is 3.25. The number of hydrogen-bond acceptors (Lipinski definition) is 4. The van der Waals surface area contributed by atoms with Crippen LogP contribution in [-0.2, 0) is 4.74 Å². The van der Waals surface area contributed by atoms with Crippen molar-refractivity contribution in [2.75, 3.05) is 26.3 Å². The summed E-state index contributed by atoms with van der Waals surface area (Å²) >= 11 is 0. The highest BCUT2D eigenvalue weighted by molar-refractivity contribution is 5.97. The van der Waals surface area contributed by atoms with Gasteiger partial charge in [0.1, 0.15) is 5.75 Å². The molecule has 1 aromatic carbocycles. The Kier molecular flexibility index (Phi) is 4.64. The van der Waals surface area contributed by atoms with Crippen LogP contribution in [-0.4, -0.2) is 55.3 Å². The van der Waals surface area contributed by atoms with Gasteiger partial charge in [-0.15, -0.1) is 0 Å². The van der Waals surface area contributed by atoms with E-state index in [4.69, 9.17) is 9.47 Å². The molecule has 3 atom stereocenters. The molecule has 2 heterocycles. The van der Waals surface area contributed by atoms with Crippen LogP contribution in [0.4, 0.5) is 0 Å². The molecule has 3 rings (SSSR count). The van der Waals surface area contributed by atoms with Crippen LogP contribution < -0.4 is 10.1 Å². The first-order valence-corrected chi connectivity index (χ1v) is 8.05. The molecule has 0 spiro atoms. The van der Waals surface area contributed by atoms with Gasteiger partial charge in [0.05, 0.1) is 24.9 Å². The topological polar surface area (TPSA) is 50.8 Å². The molecule has 0 unspecified atom stereocenters. The Labute approximate surface area is 131 Å². The fourth-order valence-corrected chi connectivity index (χ4v) is 3.34. The molecule has 1 amide bonds. The molecule has 2 fully saturated rings. The second-order valence-corrected chi connectivity index (χ2v) is 6.09. The summed E-state index contributed by atoms with van der Waals surface area (Å²) in [5.41, 5.74) is 0.610. The number of rotatable bonds is 4. The Balaban J connectivity index is 1.63. The molecular formula is C17H24N2O3. The molecule has 22 heavy (non-hydrogen) atoms. The van der Waals surface area contributed by atoms with Crippen LogP contribution >= 0.6 is 0 Å². The molecule has 2 aliphatic heterocycles. The number of nitrogens with zero attached hydrogens (tertiary/aromatic N) is 1. The third-order valence-electron chi connectivity index (χ3n) is 4.36. The van der Waals surface area contributed by atoms with Crippen molar-refractivity contribution in [1.82, 2.24) is 10.2 Å². The predicted molar refractivity (Wildman–Crippen MR) is 84.3 cm³/mol. The molecule has 0 bridgehead atoms. The first-order chi connectivity index (χ1) is 10.7. The first kappa shape index (κ1) is 15.3. The number of carbonyl (C=O) groups is 1. The largest absolute Gasteiger partial charge is 0.493 e. The highest BCUT2D eigenvalue weighted by atomic mass is 16.5. The van der Waals surface area contributed by atoms with Crippen LogP contribution in [0.15, 0.2) is 24.3 Å². The van der Waals surface area contributed by atoms with E-state index in [1.807, 2.05) is 31.2 Å². The Morgan fingerprint density at radius 2 is 2.23 bits per heavy atom. The number of para-hydroxylation sites is 1. The number of hydrogen-bond donors (Lipinski definition) is 1. The lowest BCUT2D eigenvalue weighted by Crippen LogP contribution is -2.45. The maximum absolute atomic E-state index is 12.5. The zero-order chi connectivity index (χ0) is 15.5. The summed E-state index contributed by atoms with van der Waals surface area (Å²) in [6.07, 6.45) is 1.24. The van der Waals surface area contributed by atoms with Crippen LogP contribution in [0.1, 0.15) is 30.6 Å². The van der Waals surface area contributed by atoms with E-state index in [1.165, 1.54) is 0 Å². The number of nitrogens with one attached hydrogen (secondary N) is 1. The van der Waals surface area contributed by atoms with Crippen LogP contribution in [0.2, 0.25) is 0 Å². The fourth-order valence-electron chi connectivity index (χ4n) is 3.34. The van der Waals surface area contributed by atoms with Gasteiger partial charge in [-0.25, -0.2) is 0 Å². The Morgan fingerprint density at radius 1 is 1.41 bits per heavy atom. The highest BCUT2D eigenvalue weighted by Gasteiger charge is 2.36. The summed E-state index contributed by atoms with van der Waals surface area (Å²) in [4.78, 5) is 14.9. The zero-order valence-electron chi connectivity index (χ0n) is 13.2. The molecule has 0 aromatic heterocycles. The van der Waals surface area contributed by atoms with E-state index >= 15 is 0 Å². The fraction of sp³-hybridized carbons (Fsp3) is 0.588. The molecule has 120 valence electrons. The van der Waals surface area contributed by atoms with Crippen molar-refractivity contribution >= 4 is 5.91 Å². The zero-order valence-corrected chi connectivity index (χ0v) is 13.2. The molecule has 0 aliphatic carbocycles. The molecule has 5 heteroatoms. The maximum atomic E-state index is 12.5. The summed E-state index contributed by atoms with van der Waals surface area (Å²) < 4.78 is 11.2. The van der Waals surface area contributed by atoms with E-state index < -0.39 is 0 Å². The third-order valence-corrected chi connectivity index (χ3v) is 4.36. The van der Waals surface area contributed by atoms with E-state index in [2.05, 4.69) is 17.1 Å². The minimum Gasteiger partial charge on any atom is -0.493 e. The van der Waals surface area contributed by atoms with Crippen LogP contribution in [0, 0.1) is 0 Å². The van der Waals surface area contributed by atoms with Crippen molar-refractivity contribution in [3.05, 3.63) is 29.8 Å². The van der Waals surface area contributed by atoms with Gasteiger partial charge in [-0.1, -0.05) is 12.1 Å². The Hall–Kier alpha value is -1.59. The summed E-state index contributed by atoms with van der Waals surface area (Å²) in [6, 6.07) is 8.02. The molecule has 0 radical (unpaired) electrons. The standard InChI is InChI=1S/C17H24N2O3/c1-3-21-16-7-5-4-6-15(16)17(20)18-13-8-14-11-22-12(2)9-19(14)10-13/h4-7,12-14H,3,8-11H2,1-2H3,(H,18,20)/t12-,13+,14-/m0/s1. The van der Waals surface area contributed by atoms with Gasteiger partial charge in [-0.05, 0) is 32.4 Å². The van der Waals surface area contributed by atoms with E-state index in [9.17, 15) is 4.79 Å². The minimum absolute atomic E-state index is 0.0529. The van der Waals surface area contributed by atoms with E-state index in [-0.39, 0.29) is 18.1 Å². The molecule has 2 saturated heterocycles. The molecule has 5 nitrogen and oxygen atoms in total. The molecular weight excluding hydrogens is 280 g/mol. The smallest absolute Gasteiger partial charge is 0.255 e. The van der Waals surface area contributed by atoms with Gasteiger partial charge in [-0.3, -0.25) is 9.69 Å². The first-order valence-electron chi connectivity index (χ1n) is 8.05. The molecule has 2 aliphatic rings. The Morgan fingerprint density at radius 3 is 3.05 bits per heavy atom. The second kappa shape index (κ2) is 6.67. The van der Waals surface area contributed by atoms with E-state index in [0.717, 1.165) is 26.1 Å². The molecule has 0 saturated carbocycles.